The summed E-state index contributed by atoms with van der Waals surface area (Å²) in [7, 11) is 0. The van der Waals surface area contributed by atoms with E-state index in [9.17, 15) is 9.18 Å². The fourth-order valence-corrected chi connectivity index (χ4v) is 4.29. The maximum absolute atomic E-state index is 14.0. The molecule has 154 valence electrons. The maximum Gasteiger partial charge on any atom is 0.166 e. The lowest BCUT2D eigenvalue weighted by molar-refractivity contribution is 0.112. The molecule has 1 saturated heterocycles. The van der Waals surface area contributed by atoms with Crippen molar-refractivity contribution in [1.82, 2.24) is 4.90 Å². The first kappa shape index (κ1) is 20.3. The highest BCUT2D eigenvalue weighted by atomic mass is 19.1. The Bertz CT molecular complexity index is 1030. The van der Waals surface area contributed by atoms with Crippen molar-refractivity contribution in [3.63, 3.8) is 0 Å². The monoisotopic (exact) mass is 403 g/mol. The number of nitrogens with zero attached hydrogens (tertiary/aromatic N) is 1. The number of hydrogen-bond acceptors (Lipinski definition) is 3. The number of benzene rings is 3. The molecule has 4 heteroatoms. The van der Waals surface area contributed by atoms with Crippen LogP contribution in [0.15, 0.2) is 60.7 Å². The van der Waals surface area contributed by atoms with E-state index in [1.165, 1.54) is 47.2 Å². The zero-order valence-corrected chi connectivity index (χ0v) is 17.4. The molecule has 0 aliphatic carbocycles. The maximum atomic E-state index is 14.0. The van der Waals surface area contributed by atoms with Crippen molar-refractivity contribution in [2.75, 3.05) is 6.54 Å². The molecule has 1 atom stereocenters. The van der Waals surface area contributed by atoms with Crippen molar-refractivity contribution in [1.29, 1.82) is 0 Å². The molecule has 1 aliphatic heterocycles. The largest absolute Gasteiger partial charge is 0.454 e. The van der Waals surface area contributed by atoms with Gasteiger partial charge in [0.15, 0.2) is 11.6 Å². The van der Waals surface area contributed by atoms with Crippen molar-refractivity contribution in [2.45, 2.75) is 39.3 Å². The number of hydrogen-bond donors (Lipinski definition) is 0. The molecule has 1 heterocycles. The van der Waals surface area contributed by atoms with Crippen LogP contribution in [0.4, 0.5) is 4.39 Å². The van der Waals surface area contributed by atoms with Gasteiger partial charge in [-0.25, -0.2) is 4.39 Å². The summed E-state index contributed by atoms with van der Waals surface area (Å²) < 4.78 is 19.7. The van der Waals surface area contributed by atoms with Gasteiger partial charge in [-0.15, -0.1) is 0 Å². The number of carbonyl (C=O) groups excluding carboxylic acids is 1. The Morgan fingerprint density at radius 3 is 2.43 bits per heavy atom. The molecule has 1 unspecified atom stereocenters. The van der Waals surface area contributed by atoms with Crippen molar-refractivity contribution in [3.8, 4) is 11.5 Å². The Kier molecular flexibility index (Phi) is 5.96. The van der Waals surface area contributed by atoms with Crippen LogP contribution in [0.1, 0.15) is 51.5 Å². The van der Waals surface area contributed by atoms with Gasteiger partial charge in [-0.2, -0.15) is 0 Å². The Balaban J connectivity index is 1.44. The molecule has 3 aromatic rings. The Morgan fingerprint density at radius 1 is 1.03 bits per heavy atom. The van der Waals surface area contributed by atoms with Gasteiger partial charge >= 0.3 is 0 Å². The molecule has 0 saturated carbocycles. The minimum atomic E-state index is -0.544. The average molecular weight is 403 g/mol. The first-order valence-corrected chi connectivity index (χ1v) is 10.4. The van der Waals surface area contributed by atoms with Crippen LogP contribution in [-0.4, -0.2) is 17.7 Å². The standard InChI is InChI=1S/C26H26FNO2/c1-18-12-19(2)14-22(13-18)25-4-3-11-28(25)16-20-5-8-23(9-6-20)30-26-10-7-21(17-29)15-24(26)27/h5-10,12-15,17,25H,3-4,11,16H2,1-2H3. The lowest BCUT2D eigenvalue weighted by Crippen LogP contribution is -2.22. The summed E-state index contributed by atoms with van der Waals surface area (Å²) in [5.74, 6) is 0.142. The van der Waals surface area contributed by atoms with E-state index in [1.807, 2.05) is 24.3 Å². The highest BCUT2D eigenvalue weighted by molar-refractivity contribution is 5.75. The second kappa shape index (κ2) is 8.80. The van der Waals surface area contributed by atoms with Gasteiger partial charge < -0.3 is 4.74 Å². The predicted octanol–water partition coefficient (Wildman–Crippen LogP) is 6.38. The summed E-state index contributed by atoms with van der Waals surface area (Å²) in [6, 6.07) is 19.3. The third kappa shape index (κ3) is 4.60. The summed E-state index contributed by atoms with van der Waals surface area (Å²) in [5.41, 5.74) is 5.52. The summed E-state index contributed by atoms with van der Waals surface area (Å²) in [6.45, 7) is 6.28. The van der Waals surface area contributed by atoms with Crippen LogP contribution in [0, 0.1) is 19.7 Å². The van der Waals surface area contributed by atoms with Crippen molar-refractivity contribution < 1.29 is 13.9 Å². The second-order valence-corrected chi connectivity index (χ2v) is 8.10. The van der Waals surface area contributed by atoms with Crippen LogP contribution in [-0.2, 0) is 6.54 Å². The lowest BCUT2D eigenvalue weighted by Gasteiger charge is -2.25. The molecule has 0 radical (unpaired) electrons. The molecule has 1 fully saturated rings. The van der Waals surface area contributed by atoms with Crippen LogP contribution >= 0.6 is 0 Å². The SMILES string of the molecule is Cc1cc(C)cc(C2CCCN2Cc2ccc(Oc3ccc(C=O)cc3F)cc2)c1. The number of carbonyl (C=O) groups is 1. The molecule has 3 nitrogen and oxygen atoms in total. The van der Waals surface area contributed by atoms with Crippen LogP contribution in [0.2, 0.25) is 0 Å². The summed E-state index contributed by atoms with van der Waals surface area (Å²) in [4.78, 5) is 13.3. The fourth-order valence-electron chi connectivity index (χ4n) is 4.29. The van der Waals surface area contributed by atoms with Crippen molar-refractivity contribution >= 4 is 6.29 Å². The Morgan fingerprint density at radius 2 is 1.77 bits per heavy atom. The Labute approximate surface area is 177 Å². The summed E-state index contributed by atoms with van der Waals surface area (Å²) in [5, 5.41) is 0. The van der Waals surface area contributed by atoms with E-state index in [2.05, 4.69) is 36.9 Å². The topological polar surface area (TPSA) is 29.5 Å². The van der Waals surface area contributed by atoms with Crippen LogP contribution in [0.25, 0.3) is 0 Å². The Hall–Kier alpha value is -2.98. The fraction of sp³-hybridized carbons (Fsp3) is 0.269. The first-order valence-electron chi connectivity index (χ1n) is 10.4. The van der Waals surface area contributed by atoms with Gasteiger partial charge in [0.2, 0.25) is 0 Å². The van der Waals surface area contributed by atoms with E-state index >= 15 is 0 Å². The van der Waals surface area contributed by atoms with Gasteiger partial charge in [-0.3, -0.25) is 9.69 Å². The normalized spacial score (nSPS) is 16.6. The molecule has 0 bridgehead atoms. The molecule has 30 heavy (non-hydrogen) atoms. The van der Waals surface area contributed by atoms with E-state index in [-0.39, 0.29) is 5.75 Å². The number of rotatable bonds is 6. The molecule has 0 aromatic heterocycles. The molecule has 3 aromatic carbocycles. The minimum absolute atomic E-state index is 0.114. The van der Waals surface area contributed by atoms with Gasteiger partial charge in [0, 0.05) is 18.2 Å². The van der Waals surface area contributed by atoms with E-state index in [1.54, 1.807) is 6.07 Å². The molecule has 0 amide bonds. The van der Waals surface area contributed by atoms with Crippen LogP contribution < -0.4 is 4.74 Å². The highest BCUT2D eigenvalue weighted by Gasteiger charge is 2.26. The minimum Gasteiger partial charge on any atom is -0.454 e. The van der Waals surface area contributed by atoms with E-state index in [0.29, 0.717) is 23.6 Å². The van der Waals surface area contributed by atoms with Crippen LogP contribution in [0.3, 0.4) is 0 Å². The number of ether oxygens (including phenoxy) is 1. The average Bonchev–Trinajstić information content (AvgIpc) is 3.18. The van der Waals surface area contributed by atoms with E-state index < -0.39 is 5.82 Å². The number of aryl methyl sites for hydroxylation is 2. The first-order chi connectivity index (χ1) is 14.5. The van der Waals surface area contributed by atoms with E-state index in [4.69, 9.17) is 4.74 Å². The third-order valence-electron chi connectivity index (χ3n) is 5.62. The molecule has 4 rings (SSSR count). The molecule has 1 aliphatic rings. The number of likely N-dealkylation sites (tertiary alicyclic amines) is 1. The molecular formula is C26H26FNO2. The van der Waals surface area contributed by atoms with E-state index in [0.717, 1.165) is 13.1 Å². The smallest absolute Gasteiger partial charge is 0.166 e. The molecule has 0 spiro atoms. The van der Waals surface area contributed by atoms with Crippen molar-refractivity contribution in [3.05, 3.63) is 94.3 Å². The number of aldehydes is 1. The quantitative estimate of drug-likeness (QED) is 0.447. The predicted molar refractivity (Wildman–Crippen MR) is 117 cm³/mol. The number of halogens is 1. The van der Waals surface area contributed by atoms with Gasteiger partial charge in [0.25, 0.3) is 0 Å². The third-order valence-corrected chi connectivity index (χ3v) is 5.62. The highest BCUT2D eigenvalue weighted by Crippen LogP contribution is 2.34. The summed E-state index contributed by atoms with van der Waals surface area (Å²) >= 11 is 0. The van der Waals surface area contributed by atoms with Gasteiger partial charge in [-0.05, 0) is 74.7 Å². The second-order valence-electron chi connectivity index (χ2n) is 8.10. The zero-order valence-electron chi connectivity index (χ0n) is 17.4. The van der Waals surface area contributed by atoms with Gasteiger partial charge in [0.05, 0.1) is 0 Å². The molecule has 0 N–H and O–H groups in total. The zero-order chi connectivity index (χ0) is 21.1. The van der Waals surface area contributed by atoms with Gasteiger partial charge in [0.1, 0.15) is 12.0 Å². The molecular weight excluding hydrogens is 377 g/mol. The van der Waals surface area contributed by atoms with Crippen LogP contribution in [0.5, 0.6) is 11.5 Å². The lowest BCUT2D eigenvalue weighted by atomic mass is 9.99. The van der Waals surface area contributed by atoms with Crippen molar-refractivity contribution in [2.24, 2.45) is 0 Å². The summed E-state index contributed by atoms with van der Waals surface area (Å²) in [6.07, 6.45) is 3.00. The van der Waals surface area contributed by atoms with Gasteiger partial charge in [-0.1, -0.05) is 41.5 Å².